The first-order chi connectivity index (χ1) is 10.3. The highest BCUT2D eigenvalue weighted by Crippen LogP contribution is 2.33. The summed E-state index contributed by atoms with van der Waals surface area (Å²) < 4.78 is 40.3. The number of unbranched alkanes of at least 4 members (excludes halogenated alkanes) is 1. The molecule has 2 nitrogen and oxygen atoms in total. The molecule has 1 aromatic heterocycles. The highest BCUT2D eigenvalue weighted by molar-refractivity contribution is 6.09. The molecule has 0 aliphatic rings. The molecule has 0 atom stereocenters. The molecule has 0 saturated heterocycles. The predicted molar refractivity (Wildman–Crippen MR) is 81.3 cm³/mol. The number of fused-ring (bicyclic) bond motifs is 1. The molecular weight excluding hydrogens is 291 g/mol. The number of rotatable bonds is 5. The van der Waals surface area contributed by atoms with Crippen LogP contribution in [0.2, 0.25) is 0 Å². The summed E-state index contributed by atoms with van der Waals surface area (Å²) >= 11 is 0. The number of aromatic nitrogens is 1. The van der Waals surface area contributed by atoms with Gasteiger partial charge in [0.15, 0.2) is 5.78 Å². The average molecular weight is 311 g/mol. The largest absolute Gasteiger partial charge is 0.393 e. The van der Waals surface area contributed by atoms with Gasteiger partial charge in [-0.2, -0.15) is 13.2 Å². The first kappa shape index (κ1) is 16.6. The Morgan fingerprint density at radius 2 is 1.95 bits per heavy atom. The summed E-state index contributed by atoms with van der Waals surface area (Å²) in [6, 6.07) is 4.86. The third-order valence-electron chi connectivity index (χ3n) is 3.94. The highest BCUT2D eigenvalue weighted by atomic mass is 19.4. The third-order valence-corrected chi connectivity index (χ3v) is 3.94. The molecule has 22 heavy (non-hydrogen) atoms. The van der Waals surface area contributed by atoms with Crippen LogP contribution in [0.5, 0.6) is 0 Å². The first-order valence-corrected chi connectivity index (χ1v) is 7.43. The minimum atomic E-state index is -4.29. The van der Waals surface area contributed by atoms with Crippen molar-refractivity contribution in [2.45, 2.75) is 45.7 Å². The Hall–Kier alpha value is -1.78. The lowest BCUT2D eigenvalue weighted by molar-refractivity contribution is -0.127. The molecule has 0 aliphatic heterocycles. The van der Waals surface area contributed by atoms with Gasteiger partial charge in [0.25, 0.3) is 0 Å². The highest BCUT2D eigenvalue weighted by Gasteiger charge is 2.30. The number of aryl methyl sites for hydroxylation is 1. The summed E-state index contributed by atoms with van der Waals surface area (Å²) in [4.78, 5) is 12.1. The van der Waals surface area contributed by atoms with Crippen LogP contribution in [0.25, 0.3) is 10.9 Å². The number of alkyl halides is 3. The Morgan fingerprint density at radius 1 is 1.27 bits per heavy atom. The molecule has 120 valence electrons. The van der Waals surface area contributed by atoms with Crippen molar-refractivity contribution in [2.24, 2.45) is 7.05 Å². The van der Waals surface area contributed by atoms with Gasteiger partial charge < -0.3 is 4.57 Å². The lowest BCUT2D eigenvalue weighted by Gasteiger charge is -2.09. The van der Waals surface area contributed by atoms with Crippen molar-refractivity contribution in [3.63, 3.8) is 0 Å². The van der Waals surface area contributed by atoms with Crippen molar-refractivity contribution in [1.82, 2.24) is 4.57 Å². The molecule has 0 saturated carbocycles. The van der Waals surface area contributed by atoms with Gasteiger partial charge in [-0.3, -0.25) is 4.79 Å². The fraction of sp³-hybridized carbons (Fsp3) is 0.471. The van der Waals surface area contributed by atoms with Crippen molar-refractivity contribution in [3.8, 4) is 0 Å². The third kappa shape index (κ3) is 3.18. The van der Waals surface area contributed by atoms with Crippen LogP contribution in [0, 0.1) is 0 Å². The average Bonchev–Trinajstić information content (AvgIpc) is 2.69. The molecule has 2 rings (SSSR count). The van der Waals surface area contributed by atoms with Gasteiger partial charge in [0.05, 0.1) is 6.42 Å². The van der Waals surface area contributed by atoms with E-state index >= 15 is 0 Å². The Morgan fingerprint density at radius 3 is 2.50 bits per heavy atom. The molecule has 1 aromatic carbocycles. The van der Waals surface area contributed by atoms with Crippen LogP contribution in [-0.4, -0.2) is 16.5 Å². The number of carbonyl (C=O) groups excluding carboxylic acids is 1. The summed E-state index contributed by atoms with van der Waals surface area (Å²) in [7, 11) is 1.82. The van der Waals surface area contributed by atoms with Gasteiger partial charge in [0.2, 0.25) is 0 Å². The quantitative estimate of drug-likeness (QED) is 0.725. The maximum absolute atomic E-state index is 12.8. The number of benzene rings is 1. The lowest BCUT2D eigenvalue weighted by Crippen LogP contribution is -2.12. The van der Waals surface area contributed by atoms with Crippen LogP contribution in [0.4, 0.5) is 13.2 Å². The molecule has 0 fully saturated rings. The second-order valence-corrected chi connectivity index (χ2v) is 5.64. The fourth-order valence-corrected chi connectivity index (χ4v) is 2.99. The molecule has 0 bridgehead atoms. The van der Waals surface area contributed by atoms with E-state index in [-0.39, 0.29) is 11.3 Å². The van der Waals surface area contributed by atoms with E-state index in [0.717, 1.165) is 18.5 Å². The minimum Gasteiger partial charge on any atom is -0.347 e. The zero-order chi connectivity index (χ0) is 16.5. The molecule has 2 aromatic rings. The zero-order valence-corrected chi connectivity index (χ0v) is 13.0. The maximum atomic E-state index is 12.8. The van der Waals surface area contributed by atoms with Crippen LogP contribution in [-0.2, 0) is 19.9 Å². The van der Waals surface area contributed by atoms with Crippen molar-refractivity contribution < 1.29 is 18.0 Å². The number of carbonyl (C=O) groups is 1. The summed E-state index contributed by atoms with van der Waals surface area (Å²) in [5.41, 5.74) is 2.15. The smallest absolute Gasteiger partial charge is 0.347 e. The minimum absolute atomic E-state index is 0.175. The second-order valence-electron chi connectivity index (χ2n) is 5.64. The van der Waals surface area contributed by atoms with Crippen LogP contribution in [0.3, 0.4) is 0 Å². The van der Waals surface area contributed by atoms with Gasteiger partial charge in [-0.25, -0.2) is 0 Å². The normalized spacial score (nSPS) is 12.1. The van der Waals surface area contributed by atoms with E-state index in [4.69, 9.17) is 0 Å². The van der Waals surface area contributed by atoms with E-state index in [2.05, 4.69) is 0 Å². The SMILES string of the molecule is CCCCc1c(C(C)=O)c2c(CC(F)(F)F)cccc2n1C. The van der Waals surface area contributed by atoms with Crippen LogP contribution < -0.4 is 0 Å². The molecular formula is C17H20F3NO. The van der Waals surface area contributed by atoms with Crippen molar-refractivity contribution in [3.05, 3.63) is 35.0 Å². The summed E-state index contributed by atoms with van der Waals surface area (Å²) in [5, 5.41) is 0.459. The van der Waals surface area contributed by atoms with E-state index in [1.807, 2.05) is 18.5 Å². The summed E-state index contributed by atoms with van der Waals surface area (Å²) in [6.07, 6.45) is -2.74. The Bertz CT molecular complexity index is 698. The number of hydrogen-bond acceptors (Lipinski definition) is 1. The van der Waals surface area contributed by atoms with Crippen LogP contribution in [0.1, 0.15) is 48.3 Å². The number of nitrogens with zero attached hydrogens (tertiary/aromatic N) is 1. The van der Waals surface area contributed by atoms with Gasteiger partial charge in [0, 0.05) is 29.2 Å². The molecule has 0 unspecified atom stereocenters. The Balaban J connectivity index is 2.72. The van der Waals surface area contributed by atoms with E-state index in [1.54, 1.807) is 12.1 Å². The molecule has 0 spiro atoms. The van der Waals surface area contributed by atoms with Crippen molar-refractivity contribution >= 4 is 16.7 Å². The zero-order valence-electron chi connectivity index (χ0n) is 13.0. The van der Waals surface area contributed by atoms with E-state index in [0.29, 0.717) is 22.9 Å². The number of hydrogen-bond donors (Lipinski definition) is 0. The second kappa shape index (κ2) is 6.15. The molecule has 0 aliphatic carbocycles. The van der Waals surface area contributed by atoms with Crippen LogP contribution >= 0.6 is 0 Å². The van der Waals surface area contributed by atoms with Gasteiger partial charge in [0.1, 0.15) is 0 Å². The topological polar surface area (TPSA) is 22.0 Å². The van der Waals surface area contributed by atoms with E-state index in [1.165, 1.54) is 13.0 Å². The van der Waals surface area contributed by atoms with Crippen LogP contribution in [0.15, 0.2) is 18.2 Å². The Kier molecular flexibility index (Phi) is 4.63. The van der Waals surface area contributed by atoms with Crippen molar-refractivity contribution in [1.29, 1.82) is 0 Å². The molecule has 0 N–H and O–H groups in total. The van der Waals surface area contributed by atoms with E-state index < -0.39 is 12.6 Å². The van der Waals surface area contributed by atoms with Crippen molar-refractivity contribution in [2.75, 3.05) is 0 Å². The number of ketones is 1. The van der Waals surface area contributed by atoms with Gasteiger partial charge >= 0.3 is 6.18 Å². The first-order valence-electron chi connectivity index (χ1n) is 7.43. The van der Waals surface area contributed by atoms with E-state index in [9.17, 15) is 18.0 Å². The summed E-state index contributed by atoms with van der Waals surface area (Å²) in [5.74, 6) is -0.175. The molecule has 0 radical (unpaired) electrons. The molecule has 5 heteroatoms. The fourth-order valence-electron chi connectivity index (χ4n) is 2.99. The summed E-state index contributed by atoms with van der Waals surface area (Å²) in [6.45, 7) is 3.47. The maximum Gasteiger partial charge on any atom is 0.393 e. The number of halogens is 3. The Labute approximate surface area is 127 Å². The van der Waals surface area contributed by atoms with Gasteiger partial charge in [-0.05, 0) is 31.4 Å². The standard InChI is InChI=1S/C17H20F3NO/c1-4-5-8-13-15(11(2)22)16-12(10-17(18,19)20)7-6-9-14(16)21(13)3/h6-7,9H,4-5,8,10H2,1-3H3. The number of Topliss-reactive ketones (excluding diaryl/α,β-unsaturated/α-hetero) is 1. The lowest BCUT2D eigenvalue weighted by atomic mass is 9.98. The van der Waals surface area contributed by atoms with Gasteiger partial charge in [-0.1, -0.05) is 25.5 Å². The van der Waals surface area contributed by atoms with Gasteiger partial charge in [-0.15, -0.1) is 0 Å². The molecule has 1 heterocycles. The molecule has 0 amide bonds. The monoisotopic (exact) mass is 311 g/mol. The predicted octanol–water partition coefficient (Wildman–Crippen LogP) is 4.83.